The van der Waals surface area contributed by atoms with E-state index < -0.39 is 0 Å². The van der Waals surface area contributed by atoms with Crippen LogP contribution >= 0.6 is 0 Å². The maximum absolute atomic E-state index is 5.97. The summed E-state index contributed by atoms with van der Waals surface area (Å²) < 4.78 is 5.97. The number of fused-ring (bicyclic) bond motifs is 4. The van der Waals surface area contributed by atoms with Crippen molar-refractivity contribution in [1.29, 1.82) is 0 Å². The molecular formula is C18H15ClN2O. The topological polar surface area (TPSA) is 38.4 Å². The Morgan fingerprint density at radius 3 is 2.64 bits per heavy atom. The number of rotatable bonds is 0. The summed E-state index contributed by atoms with van der Waals surface area (Å²) in [6.45, 7) is 0. The van der Waals surface area contributed by atoms with Crippen LogP contribution in [0.4, 0.5) is 0 Å². The zero-order valence-corrected chi connectivity index (χ0v) is 13.1. The minimum absolute atomic E-state index is 0. The molecule has 0 amide bonds. The van der Waals surface area contributed by atoms with Crippen LogP contribution in [0.5, 0.6) is 0 Å². The lowest BCUT2D eigenvalue weighted by Gasteiger charge is -2.08. The van der Waals surface area contributed by atoms with Gasteiger partial charge in [-0.15, -0.1) is 0 Å². The van der Waals surface area contributed by atoms with Gasteiger partial charge in [0.25, 0.3) is 0 Å². The lowest BCUT2D eigenvalue weighted by Crippen LogP contribution is -3.00. The molecule has 0 unspecified atom stereocenters. The predicted molar refractivity (Wildman–Crippen MR) is 86.0 cm³/mol. The molecule has 4 heteroatoms. The summed E-state index contributed by atoms with van der Waals surface area (Å²) in [6, 6.07) is 18.0. The lowest BCUT2D eigenvalue weighted by molar-refractivity contribution is -0.00000476. The number of aromatic nitrogens is 1. The van der Waals surface area contributed by atoms with Crippen LogP contribution in [0.2, 0.25) is 0 Å². The SMILES string of the molecule is CN=c1ccc2nc3c(ccc4ccccc43)oc-2c1.[CH3+].[Cl-]. The van der Waals surface area contributed by atoms with Crippen LogP contribution in [0.1, 0.15) is 0 Å². The summed E-state index contributed by atoms with van der Waals surface area (Å²) >= 11 is 0. The van der Waals surface area contributed by atoms with E-state index in [1.54, 1.807) is 7.05 Å². The highest BCUT2D eigenvalue weighted by Gasteiger charge is 2.10. The quantitative estimate of drug-likeness (QED) is 0.277. The highest BCUT2D eigenvalue weighted by molar-refractivity contribution is 6.03. The average molecular weight is 311 g/mol. The molecule has 0 saturated heterocycles. The number of halogens is 1. The molecule has 22 heavy (non-hydrogen) atoms. The molecule has 110 valence electrons. The van der Waals surface area contributed by atoms with Gasteiger partial charge in [-0.05, 0) is 23.6 Å². The first-order chi connectivity index (χ1) is 9.85. The summed E-state index contributed by atoms with van der Waals surface area (Å²) in [5.41, 5.74) is 2.54. The standard InChI is InChI=1S/C17H12N2O.CH3.ClH/c1-18-12-7-8-14-16(10-12)20-15-9-6-11-4-2-3-5-13(11)17(15)19-14;;/h2-10H,1H3;1H3;1H/q;+1;/p-1. The Morgan fingerprint density at radius 1 is 1.00 bits per heavy atom. The second-order valence-corrected chi connectivity index (χ2v) is 4.72. The third-order valence-electron chi connectivity index (χ3n) is 3.52. The van der Waals surface area contributed by atoms with E-state index in [4.69, 9.17) is 9.40 Å². The molecule has 1 aliphatic heterocycles. The summed E-state index contributed by atoms with van der Waals surface area (Å²) in [5, 5.41) is 3.17. The van der Waals surface area contributed by atoms with E-state index in [0.29, 0.717) is 0 Å². The molecule has 0 fully saturated rings. The average Bonchev–Trinajstić information content (AvgIpc) is 2.52. The molecule has 0 saturated carbocycles. The van der Waals surface area contributed by atoms with Crippen molar-refractivity contribution in [3.8, 4) is 11.5 Å². The van der Waals surface area contributed by atoms with Gasteiger partial charge < -0.3 is 16.8 Å². The molecule has 0 aromatic heterocycles. The molecule has 2 aromatic carbocycles. The summed E-state index contributed by atoms with van der Waals surface area (Å²) in [7, 11) is 1.77. The van der Waals surface area contributed by atoms with Gasteiger partial charge in [0.1, 0.15) is 11.2 Å². The molecule has 3 nitrogen and oxygen atoms in total. The van der Waals surface area contributed by atoms with Gasteiger partial charge >= 0.3 is 0 Å². The highest BCUT2D eigenvalue weighted by Crippen LogP contribution is 2.28. The minimum atomic E-state index is 0. The van der Waals surface area contributed by atoms with Crippen LogP contribution in [-0.4, -0.2) is 12.0 Å². The van der Waals surface area contributed by atoms with E-state index in [1.807, 2.05) is 36.4 Å². The lowest BCUT2D eigenvalue weighted by atomic mass is 10.1. The van der Waals surface area contributed by atoms with Crippen molar-refractivity contribution in [2.24, 2.45) is 4.99 Å². The maximum atomic E-state index is 5.97. The Kier molecular flexibility index (Phi) is 4.38. The second kappa shape index (κ2) is 6.08. The second-order valence-electron chi connectivity index (χ2n) is 4.72. The van der Waals surface area contributed by atoms with Crippen LogP contribution in [0.15, 0.2) is 64.0 Å². The molecule has 2 aliphatic rings. The molecule has 4 rings (SSSR count). The first-order valence-corrected chi connectivity index (χ1v) is 6.50. The fourth-order valence-electron chi connectivity index (χ4n) is 2.49. The largest absolute Gasteiger partial charge is 1.00 e. The molecule has 1 heterocycles. The number of hydrogen-bond donors (Lipinski definition) is 0. The third kappa shape index (κ3) is 2.40. The highest BCUT2D eigenvalue weighted by atomic mass is 35.5. The minimum Gasteiger partial charge on any atom is -1.00 e. The summed E-state index contributed by atoms with van der Waals surface area (Å²) in [4.78, 5) is 8.91. The molecule has 0 spiro atoms. The van der Waals surface area contributed by atoms with Crippen LogP contribution in [0.3, 0.4) is 0 Å². The zero-order chi connectivity index (χ0) is 13.5. The van der Waals surface area contributed by atoms with E-state index in [1.165, 1.54) is 5.39 Å². The van der Waals surface area contributed by atoms with E-state index >= 15 is 0 Å². The van der Waals surface area contributed by atoms with Crippen molar-refractivity contribution in [2.75, 3.05) is 7.05 Å². The van der Waals surface area contributed by atoms with E-state index in [-0.39, 0.29) is 19.8 Å². The molecule has 0 bridgehead atoms. The van der Waals surface area contributed by atoms with Crippen LogP contribution in [0, 0.1) is 7.43 Å². The van der Waals surface area contributed by atoms with Gasteiger partial charge in [-0.2, -0.15) is 0 Å². The zero-order valence-electron chi connectivity index (χ0n) is 12.4. The van der Waals surface area contributed by atoms with Crippen molar-refractivity contribution in [1.82, 2.24) is 4.98 Å². The predicted octanol–water partition coefficient (Wildman–Crippen LogP) is 1.07. The summed E-state index contributed by atoms with van der Waals surface area (Å²) in [6.07, 6.45) is 0. The number of benzene rings is 3. The maximum Gasteiger partial charge on any atom is 0.155 e. The van der Waals surface area contributed by atoms with Crippen molar-refractivity contribution < 1.29 is 16.8 Å². The number of hydrogen-bond acceptors (Lipinski definition) is 3. The molecule has 0 atom stereocenters. The smallest absolute Gasteiger partial charge is 0.155 e. The first kappa shape index (κ1) is 15.9. The molecular weight excluding hydrogens is 296 g/mol. The Labute approximate surface area is 135 Å². The van der Waals surface area contributed by atoms with Crippen LogP contribution in [-0.2, 0) is 0 Å². The number of nitrogens with zero attached hydrogens (tertiary/aromatic N) is 2. The first-order valence-electron chi connectivity index (χ1n) is 6.50. The molecule has 0 N–H and O–H groups in total. The monoisotopic (exact) mass is 310 g/mol. The van der Waals surface area contributed by atoms with Crippen molar-refractivity contribution in [3.63, 3.8) is 0 Å². The van der Waals surface area contributed by atoms with Gasteiger partial charge in [-0.1, -0.05) is 30.3 Å². The van der Waals surface area contributed by atoms with Gasteiger partial charge in [0.2, 0.25) is 0 Å². The van der Waals surface area contributed by atoms with Gasteiger partial charge in [0, 0.05) is 25.9 Å². The van der Waals surface area contributed by atoms with Crippen molar-refractivity contribution in [2.45, 2.75) is 0 Å². The Bertz CT molecular complexity index is 975. The molecule has 1 aliphatic carbocycles. The Balaban J connectivity index is 0.000000882. The Morgan fingerprint density at radius 2 is 1.82 bits per heavy atom. The van der Waals surface area contributed by atoms with Gasteiger partial charge in [-0.25, -0.2) is 4.98 Å². The van der Waals surface area contributed by atoms with Crippen LogP contribution < -0.4 is 17.8 Å². The summed E-state index contributed by atoms with van der Waals surface area (Å²) in [5.74, 6) is 0.760. The fourth-order valence-corrected chi connectivity index (χ4v) is 2.49. The van der Waals surface area contributed by atoms with E-state index in [2.05, 4.69) is 23.2 Å². The normalized spacial score (nSPS) is 11.4. The van der Waals surface area contributed by atoms with Gasteiger partial charge in [0.15, 0.2) is 11.3 Å². The van der Waals surface area contributed by atoms with E-state index in [0.717, 1.165) is 33.3 Å². The van der Waals surface area contributed by atoms with E-state index in [9.17, 15) is 0 Å². The fraction of sp³-hybridized carbons (Fsp3) is 0.0556. The van der Waals surface area contributed by atoms with Crippen molar-refractivity contribution in [3.05, 3.63) is 67.4 Å². The van der Waals surface area contributed by atoms with Crippen LogP contribution in [0.25, 0.3) is 33.3 Å². The molecule has 2 aromatic rings. The van der Waals surface area contributed by atoms with Crippen molar-refractivity contribution >= 4 is 21.9 Å². The van der Waals surface area contributed by atoms with Gasteiger partial charge in [0.05, 0.1) is 5.36 Å². The molecule has 0 radical (unpaired) electrons. The Hall–Kier alpha value is -2.52. The van der Waals surface area contributed by atoms with Gasteiger partial charge in [-0.3, -0.25) is 4.99 Å². The third-order valence-corrected chi connectivity index (χ3v) is 3.52.